The molecule has 1 heterocycles. The van der Waals surface area contributed by atoms with Gasteiger partial charge < -0.3 is 10.2 Å². The molecule has 0 radical (unpaired) electrons. The maximum Gasteiger partial charge on any atom is 0.157 e. The first kappa shape index (κ1) is 16.2. The van der Waals surface area contributed by atoms with E-state index in [0.717, 1.165) is 19.0 Å². The van der Waals surface area contributed by atoms with E-state index in [4.69, 9.17) is 4.99 Å². The molecule has 0 aromatic heterocycles. The minimum absolute atomic E-state index is 0.244. The van der Waals surface area contributed by atoms with E-state index < -0.39 is 0 Å². The van der Waals surface area contributed by atoms with Gasteiger partial charge in [0.25, 0.3) is 0 Å². The number of aliphatic imine (C=N–C) groups is 1. The summed E-state index contributed by atoms with van der Waals surface area (Å²) < 4.78 is 0. The van der Waals surface area contributed by atoms with Crippen LogP contribution in [-0.2, 0) is 0 Å². The summed E-state index contributed by atoms with van der Waals surface area (Å²) in [5.74, 6) is 2.07. The Morgan fingerprint density at radius 2 is 2.20 bits per heavy atom. The van der Waals surface area contributed by atoms with Gasteiger partial charge in [-0.15, -0.1) is 0 Å². The minimum atomic E-state index is 0.244. The van der Waals surface area contributed by atoms with Crippen LogP contribution in [0.3, 0.4) is 0 Å². The van der Waals surface area contributed by atoms with Gasteiger partial charge in [-0.3, -0.25) is 4.99 Å². The van der Waals surface area contributed by atoms with Crippen LogP contribution in [0, 0.1) is 11.3 Å². The number of amidine groups is 1. The van der Waals surface area contributed by atoms with Crippen molar-refractivity contribution in [2.45, 2.75) is 52.0 Å². The first-order valence-corrected chi connectivity index (χ1v) is 8.89. The Morgan fingerprint density at radius 3 is 2.85 bits per heavy atom. The van der Waals surface area contributed by atoms with Gasteiger partial charge in [0.05, 0.1) is 0 Å². The zero-order chi connectivity index (χ0) is 14.8. The molecule has 116 valence electrons. The van der Waals surface area contributed by atoms with Gasteiger partial charge in [0, 0.05) is 24.4 Å². The quantitative estimate of drug-likeness (QED) is 0.863. The Balaban J connectivity index is 1.90. The number of nitrogens with one attached hydrogen (secondary N) is 1. The molecular weight excluding hydrogens is 266 g/mol. The van der Waals surface area contributed by atoms with Crippen LogP contribution < -0.4 is 5.32 Å². The van der Waals surface area contributed by atoms with Gasteiger partial charge in [-0.1, -0.05) is 45.4 Å². The number of thioether (sulfide) groups is 1. The van der Waals surface area contributed by atoms with E-state index in [9.17, 15) is 0 Å². The highest BCUT2D eigenvalue weighted by Crippen LogP contribution is 2.38. The van der Waals surface area contributed by atoms with Gasteiger partial charge >= 0.3 is 0 Å². The predicted octanol–water partition coefficient (Wildman–Crippen LogP) is 3.22. The summed E-state index contributed by atoms with van der Waals surface area (Å²) in [6, 6.07) is 0. The predicted molar refractivity (Wildman–Crippen MR) is 90.6 cm³/mol. The van der Waals surface area contributed by atoms with Gasteiger partial charge in [0.2, 0.25) is 0 Å². The number of hydrogen-bond acceptors (Lipinski definition) is 3. The molecule has 0 amide bonds. The lowest BCUT2D eigenvalue weighted by Crippen LogP contribution is -2.47. The van der Waals surface area contributed by atoms with Crippen LogP contribution in [0.1, 0.15) is 46.5 Å². The third kappa shape index (κ3) is 4.39. The lowest BCUT2D eigenvalue weighted by atomic mass is 9.78. The van der Waals surface area contributed by atoms with Crippen molar-refractivity contribution in [2.75, 3.05) is 32.9 Å². The molecule has 0 bridgehead atoms. The van der Waals surface area contributed by atoms with Gasteiger partial charge in [0.1, 0.15) is 0 Å². The summed E-state index contributed by atoms with van der Waals surface area (Å²) in [5.41, 5.74) is 0.598. The Kier molecular flexibility index (Phi) is 5.06. The second-order valence-corrected chi connectivity index (χ2v) is 8.88. The SMILES string of the molecule is CC1CCCC2(CSC(=NCC(C)(C)CN(C)C)N2)C1. The molecule has 1 aliphatic heterocycles. The third-order valence-corrected chi connectivity index (χ3v) is 5.55. The van der Waals surface area contributed by atoms with Crippen molar-refractivity contribution in [3.8, 4) is 0 Å². The van der Waals surface area contributed by atoms with Crippen LogP contribution >= 0.6 is 11.8 Å². The highest BCUT2D eigenvalue weighted by Gasteiger charge is 2.40. The van der Waals surface area contributed by atoms with E-state index in [1.807, 2.05) is 11.8 Å². The fourth-order valence-corrected chi connectivity index (χ4v) is 4.88. The summed E-state index contributed by atoms with van der Waals surface area (Å²) in [7, 11) is 4.27. The van der Waals surface area contributed by atoms with Crippen LogP contribution in [-0.4, -0.2) is 48.5 Å². The first-order valence-electron chi connectivity index (χ1n) is 7.90. The summed E-state index contributed by atoms with van der Waals surface area (Å²) >= 11 is 1.93. The Bertz CT molecular complexity index is 365. The summed E-state index contributed by atoms with van der Waals surface area (Å²) in [4.78, 5) is 7.11. The maximum absolute atomic E-state index is 4.86. The molecule has 20 heavy (non-hydrogen) atoms. The molecule has 2 unspecified atom stereocenters. The Morgan fingerprint density at radius 1 is 1.45 bits per heavy atom. The van der Waals surface area contributed by atoms with Crippen molar-refractivity contribution in [2.24, 2.45) is 16.3 Å². The van der Waals surface area contributed by atoms with Crippen molar-refractivity contribution in [3.05, 3.63) is 0 Å². The molecule has 1 spiro atoms. The number of hydrogen-bond donors (Lipinski definition) is 1. The topological polar surface area (TPSA) is 27.6 Å². The maximum atomic E-state index is 4.86. The third-order valence-electron chi connectivity index (χ3n) is 4.34. The Labute approximate surface area is 129 Å². The molecule has 2 rings (SSSR count). The lowest BCUT2D eigenvalue weighted by molar-refractivity contribution is 0.240. The zero-order valence-corrected chi connectivity index (χ0v) is 14.6. The smallest absolute Gasteiger partial charge is 0.157 e. The fraction of sp³-hybridized carbons (Fsp3) is 0.938. The van der Waals surface area contributed by atoms with E-state index in [1.165, 1.54) is 36.6 Å². The highest BCUT2D eigenvalue weighted by molar-refractivity contribution is 8.14. The average molecular weight is 298 g/mol. The standard InChI is InChI=1S/C16H31N3S/c1-13-7-6-8-16(9-13)12-20-14(18-16)17-10-15(2,3)11-19(4)5/h13H,6-12H2,1-5H3,(H,17,18). The molecule has 2 fully saturated rings. The van der Waals surface area contributed by atoms with Crippen molar-refractivity contribution in [1.29, 1.82) is 0 Å². The van der Waals surface area contributed by atoms with Crippen LogP contribution in [0.4, 0.5) is 0 Å². The second-order valence-electron chi connectivity index (χ2n) is 7.92. The van der Waals surface area contributed by atoms with Crippen molar-refractivity contribution in [3.63, 3.8) is 0 Å². The summed E-state index contributed by atoms with van der Waals surface area (Å²) in [6.07, 6.45) is 5.41. The van der Waals surface area contributed by atoms with Gasteiger partial charge in [-0.25, -0.2) is 0 Å². The minimum Gasteiger partial charge on any atom is -0.359 e. The largest absolute Gasteiger partial charge is 0.359 e. The molecule has 1 saturated carbocycles. The zero-order valence-electron chi connectivity index (χ0n) is 13.8. The fourth-order valence-electron chi connectivity index (χ4n) is 3.69. The van der Waals surface area contributed by atoms with Crippen molar-refractivity contribution < 1.29 is 0 Å². The highest BCUT2D eigenvalue weighted by atomic mass is 32.2. The summed E-state index contributed by atoms with van der Waals surface area (Å²) in [5, 5.41) is 4.95. The molecule has 0 aromatic rings. The number of rotatable bonds is 4. The molecule has 0 aromatic carbocycles. The molecule has 2 atom stereocenters. The second kappa shape index (κ2) is 6.27. The van der Waals surface area contributed by atoms with Crippen LogP contribution in [0.15, 0.2) is 4.99 Å². The molecular formula is C16H31N3S. The first-order chi connectivity index (χ1) is 9.30. The van der Waals surface area contributed by atoms with Crippen LogP contribution in [0.5, 0.6) is 0 Å². The average Bonchev–Trinajstić information content (AvgIpc) is 2.68. The molecule has 3 nitrogen and oxygen atoms in total. The van der Waals surface area contributed by atoms with E-state index >= 15 is 0 Å². The van der Waals surface area contributed by atoms with Gasteiger partial charge in [-0.2, -0.15) is 0 Å². The van der Waals surface area contributed by atoms with E-state index in [-0.39, 0.29) is 5.41 Å². The lowest BCUT2D eigenvalue weighted by Gasteiger charge is -2.36. The molecule has 4 heteroatoms. The molecule has 1 N–H and O–H groups in total. The normalized spacial score (nSPS) is 33.1. The van der Waals surface area contributed by atoms with Gasteiger partial charge in [-0.05, 0) is 38.3 Å². The van der Waals surface area contributed by atoms with Crippen molar-refractivity contribution in [1.82, 2.24) is 10.2 Å². The summed E-state index contributed by atoms with van der Waals surface area (Å²) in [6.45, 7) is 8.98. The van der Waals surface area contributed by atoms with Crippen molar-refractivity contribution >= 4 is 16.9 Å². The monoisotopic (exact) mass is 297 g/mol. The van der Waals surface area contributed by atoms with E-state index in [0.29, 0.717) is 5.54 Å². The van der Waals surface area contributed by atoms with Gasteiger partial charge in [0.15, 0.2) is 5.17 Å². The molecule has 2 aliphatic rings. The van der Waals surface area contributed by atoms with Crippen LogP contribution in [0.25, 0.3) is 0 Å². The van der Waals surface area contributed by atoms with E-state index in [1.54, 1.807) is 0 Å². The number of nitrogens with zero attached hydrogens (tertiary/aromatic N) is 2. The molecule has 1 aliphatic carbocycles. The van der Waals surface area contributed by atoms with E-state index in [2.05, 4.69) is 45.1 Å². The molecule has 1 saturated heterocycles. The van der Waals surface area contributed by atoms with Crippen LogP contribution in [0.2, 0.25) is 0 Å². The Hall–Kier alpha value is -0.220.